The highest BCUT2D eigenvalue weighted by Gasteiger charge is 2.21. The van der Waals surface area contributed by atoms with E-state index in [2.05, 4.69) is 62.2 Å². The molecule has 0 amide bonds. The molecule has 1 heterocycles. The summed E-state index contributed by atoms with van der Waals surface area (Å²) in [6, 6.07) is 9.28. The Morgan fingerprint density at radius 2 is 1.76 bits per heavy atom. The predicted octanol–water partition coefficient (Wildman–Crippen LogP) is 9.23. The standard InChI is InChI=1S/C35H50N2O/c1-35(2,3)23-7-6-19-31(38)20-11-15-27-12-10-18-30(24-27)29-16-8-13-28(14-9-17-29)25-34-32-21-4-5-22-33(32)36-26-37-34/h4,10,12,18,21,24,26,28-29H,5-9,11,13-17,19-20,22-23,25H2,1-3H3. The molecule has 3 nitrogen and oxygen atoms in total. The molecule has 3 heteroatoms. The number of fused-ring (bicyclic) bond motifs is 1. The normalized spacial score (nSPS) is 20.0. The van der Waals surface area contributed by atoms with Crippen LogP contribution in [0.2, 0.25) is 0 Å². The van der Waals surface area contributed by atoms with Crippen molar-refractivity contribution in [2.24, 2.45) is 11.3 Å². The molecule has 1 fully saturated rings. The minimum absolute atomic E-state index is 0.376. The van der Waals surface area contributed by atoms with Crippen LogP contribution < -0.4 is 0 Å². The molecule has 0 spiro atoms. The van der Waals surface area contributed by atoms with Crippen LogP contribution in [-0.2, 0) is 24.1 Å². The predicted molar refractivity (Wildman–Crippen MR) is 159 cm³/mol. The number of benzene rings is 1. The third kappa shape index (κ3) is 9.17. The molecule has 1 aromatic heterocycles. The van der Waals surface area contributed by atoms with Crippen LogP contribution in [0.3, 0.4) is 0 Å². The van der Waals surface area contributed by atoms with Crippen LogP contribution in [-0.4, -0.2) is 15.8 Å². The molecule has 206 valence electrons. The van der Waals surface area contributed by atoms with E-state index in [1.807, 2.05) is 0 Å². The van der Waals surface area contributed by atoms with Gasteiger partial charge in [0.2, 0.25) is 0 Å². The molecule has 2 aliphatic rings. The average Bonchev–Trinajstić information content (AvgIpc) is 2.88. The second-order valence-corrected chi connectivity index (χ2v) is 13.2. The first kappa shape index (κ1) is 28.7. The summed E-state index contributed by atoms with van der Waals surface area (Å²) in [6.07, 6.45) is 24.3. The second-order valence-electron chi connectivity index (χ2n) is 13.2. The Morgan fingerprint density at radius 1 is 0.974 bits per heavy atom. The number of unbranched alkanes of at least 4 members (excludes halogenated alkanes) is 1. The molecule has 38 heavy (non-hydrogen) atoms. The van der Waals surface area contributed by atoms with Gasteiger partial charge in [0.15, 0.2) is 0 Å². The SMILES string of the molecule is CC(C)(C)CCCCC(=O)CCCc1cccc(C2CCCC(Cc3ncnc4c3C=CCC4)CCC2)c1. The third-order valence-electron chi connectivity index (χ3n) is 8.67. The van der Waals surface area contributed by atoms with Gasteiger partial charge in [-0.05, 0) is 86.2 Å². The fourth-order valence-corrected chi connectivity index (χ4v) is 6.45. The zero-order valence-electron chi connectivity index (χ0n) is 24.3. The number of carbonyl (C=O) groups excluding carboxylic acids is 1. The van der Waals surface area contributed by atoms with Gasteiger partial charge in [0.25, 0.3) is 0 Å². The summed E-state index contributed by atoms with van der Waals surface area (Å²) in [5, 5.41) is 0. The number of aromatic nitrogens is 2. The molecule has 0 bridgehead atoms. The van der Waals surface area contributed by atoms with E-state index in [9.17, 15) is 4.79 Å². The van der Waals surface area contributed by atoms with Crippen LogP contribution in [0.5, 0.6) is 0 Å². The lowest BCUT2D eigenvalue weighted by Gasteiger charge is -2.26. The number of rotatable bonds is 11. The van der Waals surface area contributed by atoms with Gasteiger partial charge in [0.1, 0.15) is 12.1 Å². The molecule has 0 N–H and O–H groups in total. The number of allylic oxidation sites excluding steroid dienone is 1. The van der Waals surface area contributed by atoms with E-state index in [0.29, 0.717) is 17.1 Å². The summed E-state index contributed by atoms with van der Waals surface area (Å²) in [7, 11) is 0. The fraction of sp³-hybridized carbons (Fsp3) is 0.629. The Balaban J connectivity index is 1.20. The van der Waals surface area contributed by atoms with Crippen molar-refractivity contribution in [2.75, 3.05) is 0 Å². The van der Waals surface area contributed by atoms with Gasteiger partial charge >= 0.3 is 0 Å². The molecule has 1 saturated carbocycles. The van der Waals surface area contributed by atoms with Crippen molar-refractivity contribution >= 4 is 11.9 Å². The zero-order valence-corrected chi connectivity index (χ0v) is 24.3. The Kier molecular flexibility index (Phi) is 10.7. The molecule has 2 aliphatic carbocycles. The van der Waals surface area contributed by atoms with Crippen LogP contribution in [0.25, 0.3) is 6.08 Å². The number of hydrogen-bond donors (Lipinski definition) is 0. The first-order valence-corrected chi connectivity index (χ1v) is 15.5. The Labute approximate surface area is 232 Å². The van der Waals surface area contributed by atoms with Crippen molar-refractivity contribution in [3.05, 3.63) is 64.7 Å². The average molecular weight is 515 g/mol. The minimum atomic E-state index is 0.376. The maximum atomic E-state index is 12.3. The Bertz CT molecular complexity index is 1050. The summed E-state index contributed by atoms with van der Waals surface area (Å²) < 4.78 is 0. The lowest BCUT2D eigenvalue weighted by Crippen LogP contribution is -2.14. The van der Waals surface area contributed by atoms with E-state index < -0.39 is 0 Å². The van der Waals surface area contributed by atoms with Gasteiger partial charge in [0, 0.05) is 18.4 Å². The zero-order chi connectivity index (χ0) is 26.8. The molecule has 1 aromatic carbocycles. The third-order valence-corrected chi connectivity index (χ3v) is 8.67. The van der Waals surface area contributed by atoms with Gasteiger partial charge in [0.05, 0.1) is 11.4 Å². The van der Waals surface area contributed by atoms with Crippen molar-refractivity contribution in [2.45, 2.75) is 129 Å². The number of aryl methyl sites for hydroxylation is 2. The number of ketones is 1. The molecular formula is C35H50N2O. The van der Waals surface area contributed by atoms with Gasteiger partial charge in [-0.3, -0.25) is 4.79 Å². The van der Waals surface area contributed by atoms with Gasteiger partial charge in [-0.15, -0.1) is 0 Å². The number of Topliss-reactive ketones (excluding diaryl/α,β-unsaturated/α-hetero) is 1. The largest absolute Gasteiger partial charge is 0.300 e. The maximum Gasteiger partial charge on any atom is 0.132 e. The van der Waals surface area contributed by atoms with E-state index in [1.165, 1.54) is 79.4 Å². The summed E-state index contributed by atoms with van der Waals surface area (Å²) in [6.45, 7) is 6.84. The minimum Gasteiger partial charge on any atom is -0.300 e. The fourth-order valence-electron chi connectivity index (χ4n) is 6.45. The Morgan fingerprint density at radius 3 is 2.55 bits per heavy atom. The van der Waals surface area contributed by atoms with E-state index in [4.69, 9.17) is 4.98 Å². The molecule has 0 unspecified atom stereocenters. The summed E-state index contributed by atoms with van der Waals surface area (Å²) >= 11 is 0. The number of hydrogen-bond acceptors (Lipinski definition) is 3. The summed E-state index contributed by atoms with van der Waals surface area (Å²) in [5.41, 5.74) is 7.11. The maximum absolute atomic E-state index is 12.3. The van der Waals surface area contributed by atoms with Crippen LogP contribution in [0.15, 0.2) is 36.7 Å². The van der Waals surface area contributed by atoms with Gasteiger partial charge in [-0.1, -0.05) is 89.3 Å². The summed E-state index contributed by atoms with van der Waals surface area (Å²) in [5.74, 6) is 1.86. The highest BCUT2D eigenvalue weighted by molar-refractivity contribution is 5.78. The van der Waals surface area contributed by atoms with Crippen LogP contribution >= 0.6 is 0 Å². The highest BCUT2D eigenvalue weighted by atomic mass is 16.1. The van der Waals surface area contributed by atoms with Gasteiger partial charge < -0.3 is 0 Å². The Hall–Kier alpha value is -2.29. The van der Waals surface area contributed by atoms with E-state index in [1.54, 1.807) is 6.33 Å². The number of nitrogens with zero attached hydrogens (tertiary/aromatic N) is 2. The molecule has 0 radical (unpaired) electrons. The molecule has 4 rings (SSSR count). The lowest BCUT2D eigenvalue weighted by atomic mass is 9.80. The molecule has 0 saturated heterocycles. The van der Waals surface area contributed by atoms with Crippen molar-refractivity contribution in [1.82, 2.24) is 9.97 Å². The van der Waals surface area contributed by atoms with E-state index in [0.717, 1.165) is 57.3 Å². The topological polar surface area (TPSA) is 42.9 Å². The molecule has 0 atom stereocenters. The monoisotopic (exact) mass is 514 g/mol. The number of carbonyl (C=O) groups is 1. The summed E-state index contributed by atoms with van der Waals surface area (Å²) in [4.78, 5) is 21.6. The molecule has 0 aliphatic heterocycles. The first-order chi connectivity index (χ1) is 18.4. The van der Waals surface area contributed by atoms with Crippen LogP contribution in [0, 0.1) is 11.3 Å². The second kappa shape index (κ2) is 14.2. The van der Waals surface area contributed by atoms with Gasteiger partial charge in [-0.2, -0.15) is 0 Å². The highest BCUT2D eigenvalue weighted by Crippen LogP contribution is 2.35. The van der Waals surface area contributed by atoms with Crippen molar-refractivity contribution < 1.29 is 4.79 Å². The van der Waals surface area contributed by atoms with Crippen molar-refractivity contribution in [3.8, 4) is 0 Å². The van der Waals surface area contributed by atoms with Gasteiger partial charge in [-0.25, -0.2) is 9.97 Å². The quantitative estimate of drug-likeness (QED) is 0.281. The van der Waals surface area contributed by atoms with Crippen LogP contribution in [0.4, 0.5) is 0 Å². The van der Waals surface area contributed by atoms with E-state index >= 15 is 0 Å². The van der Waals surface area contributed by atoms with E-state index in [-0.39, 0.29) is 0 Å². The lowest BCUT2D eigenvalue weighted by molar-refractivity contribution is -0.119. The molecule has 2 aromatic rings. The smallest absolute Gasteiger partial charge is 0.132 e. The van der Waals surface area contributed by atoms with Crippen molar-refractivity contribution in [3.63, 3.8) is 0 Å². The van der Waals surface area contributed by atoms with Crippen LogP contribution in [0.1, 0.15) is 138 Å². The molecular weight excluding hydrogens is 464 g/mol. The first-order valence-electron chi connectivity index (χ1n) is 15.5. The van der Waals surface area contributed by atoms with Crippen molar-refractivity contribution in [1.29, 1.82) is 0 Å².